The second-order valence-electron chi connectivity index (χ2n) is 8.19. The highest BCUT2D eigenvalue weighted by Crippen LogP contribution is 2.38. The molecule has 2 N–H and O–H groups in total. The van der Waals surface area contributed by atoms with Gasteiger partial charge in [-0.25, -0.2) is 4.98 Å². The first-order valence-electron chi connectivity index (χ1n) is 10.7. The molecule has 1 fully saturated rings. The molecule has 2 aromatic carbocycles. The number of nitrogens with zero attached hydrogens (tertiary/aromatic N) is 2. The van der Waals surface area contributed by atoms with Crippen LogP contribution in [-0.4, -0.2) is 47.5 Å². The van der Waals surface area contributed by atoms with E-state index in [9.17, 15) is 9.59 Å². The minimum Gasteiger partial charge on any atom is -0.367 e. The molecule has 1 aliphatic carbocycles. The lowest BCUT2D eigenvalue weighted by molar-refractivity contribution is -0.133. The highest BCUT2D eigenvalue weighted by atomic mass is 35.5. The summed E-state index contributed by atoms with van der Waals surface area (Å²) in [5.41, 5.74) is 10.5. The van der Waals surface area contributed by atoms with Gasteiger partial charge in [0.2, 0.25) is 5.91 Å². The van der Waals surface area contributed by atoms with E-state index in [-0.39, 0.29) is 19.1 Å². The molecule has 2 heterocycles. The van der Waals surface area contributed by atoms with Gasteiger partial charge in [-0.3, -0.25) is 9.59 Å². The molecule has 6 nitrogen and oxygen atoms in total. The predicted molar refractivity (Wildman–Crippen MR) is 129 cm³/mol. The Morgan fingerprint density at radius 3 is 2.73 bits per heavy atom. The first-order valence-corrected chi connectivity index (χ1v) is 11.5. The molecule has 2 aliphatic rings. The summed E-state index contributed by atoms with van der Waals surface area (Å²) >= 11 is 12.3. The number of carbonyl (C=O) groups is 2. The average molecular weight is 482 g/mol. The number of ether oxygens (including phenoxy) is 1. The normalized spacial score (nSPS) is 19.2. The first-order chi connectivity index (χ1) is 15.9. The second-order valence-corrected chi connectivity index (χ2v) is 9.00. The molecule has 1 saturated heterocycles. The lowest BCUT2D eigenvalue weighted by Gasteiger charge is -2.32. The van der Waals surface area contributed by atoms with Crippen molar-refractivity contribution in [2.45, 2.75) is 18.9 Å². The van der Waals surface area contributed by atoms with Crippen molar-refractivity contribution in [3.63, 3.8) is 0 Å². The van der Waals surface area contributed by atoms with Gasteiger partial charge in [0, 0.05) is 11.9 Å². The van der Waals surface area contributed by atoms with Crippen LogP contribution < -0.4 is 5.73 Å². The van der Waals surface area contributed by atoms with Crippen LogP contribution in [0, 0.1) is 0 Å². The summed E-state index contributed by atoms with van der Waals surface area (Å²) in [6.45, 7) is 0.818. The van der Waals surface area contributed by atoms with E-state index in [1.54, 1.807) is 11.0 Å². The number of hydrogen-bond acceptors (Lipinski definition) is 4. The molecule has 0 spiro atoms. The summed E-state index contributed by atoms with van der Waals surface area (Å²) in [7, 11) is 0. The fourth-order valence-electron chi connectivity index (χ4n) is 4.49. The van der Waals surface area contributed by atoms with E-state index in [2.05, 4.69) is 0 Å². The Bertz CT molecular complexity index is 1320. The maximum Gasteiger partial charge on any atom is 0.255 e. The zero-order chi connectivity index (χ0) is 23.1. The zero-order valence-corrected chi connectivity index (χ0v) is 19.2. The Hall–Kier alpha value is -2.93. The molecule has 1 atom stereocenters. The van der Waals surface area contributed by atoms with Gasteiger partial charge in [-0.05, 0) is 53.8 Å². The van der Waals surface area contributed by atoms with Crippen molar-refractivity contribution < 1.29 is 14.3 Å². The van der Waals surface area contributed by atoms with E-state index in [0.29, 0.717) is 28.6 Å². The molecule has 0 saturated carbocycles. The highest BCUT2D eigenvalue weighted by molar-refractivity contribution is 6.42. The SMILES string of the molecule is NC(=O)C1CN(C(=O)c2c3c(nc4ccccc24)C(=Cc2ccc(Cl)c(Cl)c2)CC3)CCO1. The molecule has 0 bridgehead atoms. The topological polar surface area (TPSA) is 85.5 Å². The summed E-state index contributed by atoms with van der Waals surface area (Å²) in [6, 6.07) is 13.1. The number of rotatable bonds is 3. The lowest BCUT2D eigenvalue weighted by Crippen LogP contribution is -2.50. The minimum absolute atomic E-state index is 0.129. The van der Waals surface area contributed by atoms with Gasteiger partial charge in [-0.15, -0.1) is 0 Å². The van der Waals surface area contributed by atoms with Crippen LogP contribution in [0.3, 0.4) is 0 Å². The molecule has 3 aromatic rings. The summed E-state index contributed by atoms with van der Waals surface area (Å²) in [5, 5.41) is 1.80. The van der Waals surface area contributed by atoms with Gasteiger partial charge >= 0.3 is 0 Å². The molecule has 8 heteroatoms. The van der Waals surface area contributed by atoms with E-state index in [0.717, 1.165) is 39.7 Å². The number of para-hydroxylation sites is 1. The lowest BCUT2D eigenvalue weighted by atomic mass is 9.99. The largest absolute Gasteiger partial charge is 0.367 e. The van der Waals surface area contributed by atoms with Crippen molar-refractivity contribution in [1.29, 1.82) is 0 Å². The van der Waals surface area contributed by atoms with Crippen LogP contribution in [0.25, 0.3) is 22.6 Å². The Labute approximate surface area is 200 Å². The fraction of sp³-hybridized carbons (Fsp3) is 0.240. The number of carbonyl (C=O) groups excluding carboxylic acids is 2. The van der Waals surface area contributed by atoms with Crippen molar-refractivity contribution in [3.05, 3.63) is 74.9 Å². The van der Waals surface area contributed by atoms with Crippen LogP contribution >= 0.6 is 23.2 Å². The molecule has 1 aromatic heterocycles. The third-order valence-electron chi connectivity index (χ3n) is 6.11. The summed E-state index contributed by atoms with van der Waals surface area (Å²) in [6.07, 6.45) is 2.70. The number of pyridine rings is 1. The second kappa shape index (κ2) is 8.78. The average Bonchev–Trinajstić information content (AvgIpc) is 3.21. The molecule has 2 amide bonds. The Morgan fingerprint density at radius 1 is 1.12 bits per heavy atom. The van der Waals surface area contributed by atoms with Crippen molar-refractivity contribution in [2.24, 2.45) is 5.73 Å². The van der Waals surface area contributed by atoms with Gasteiger partial charge in [-0.2, -0.15) is 0 Å². The Morgan fingerprint density at radius 2 is 1.94 bits per heavy atom. The number of hydrogen-bond donors (Lipinski definition) is 1. The maximum absolute atomic E-state index is 13.7. The van der Waals surface area contributed by atoms with E-state index < -0.39 is 12.0 Å². The predicted octanol–water partition coefficient (Wildman–Crippen LogP) is 4.35. The fourth-order valence-corrected chi connectivity index (χ4v) is 4.80. The number of aromatic nitrogens is 1. The smallest absolute Gasteiger partial charge is 0.255 e. The molecule has 1 unspecified atom stereocenters. The Kier molecular flexibility index (Phi) is 5.83. The van der Waals surface area contributed by atoms with Gasteiger partial charge in [0.1, 0.15) is 0 Å². The highest BCUT2D eigenvalue weighted by Gasteiger charge is 2.33. The first kappa shape index (κ1) is 21.9. The summed E-state index contributed by atoms with van der Waals surface area (Å²) in [4.78, 5) is 31.9. The number of fused-ring (bicyclic) bond motifs is 2. The van der Waals surface area contributed by atoms with E-state index in [4.69, 9.17) is 38.7 Å². The zero-order valence-electron chi connectivity index (χ0n) is 17.7. The number of nitrogens with two attached hydrogens (primary N) is 1. The molecule has 33 heavy (non-hydrogen) atoms. The van der Waals surface area contributed by atoms with Gasteiger partial charge < -0.3 is 15.4 Å². The number of benzene rings is 2. The minimum atomic E-state index is -0.797. The summed E-state index contributed by atoms with van der Waals surface area (Å²) < 4.78 is 5.43. The van der Waals surface area contributed by atoms with Gasteiger partial charge in [0.05, 0.1) is 40.0 Å². The third kappa shape index (κ3) is 4.10. The Balaban J connectivity index is 1.60. The number of halogens is 2. The van der Waals surface area contributed by atoms with Crippen LogP contribution in [0.15, 0.2) is 42.5 Å². The van der Waals surface area contributed by atoms with Crippen molar-refractivity contribution in [1.82, 2.24) is 9.88 Å². The quantitative estimate of drug-likeness (QED) is 0.602. The van der Waals surface area contributed by atoms with Crippen LogP contribution in [0.1, 0.15) is 33.6 Å². The van der Waals surface area contributed by atoms with Crippen LogP contribution in [0.2, 0.25) is 10.0 Å². The van der Waals surface area contributed by atoms with Crippen LogP contribution in [0.5, 0.6) is 0 Å². The third-order valence-corrected chi connectivity index (χ3v) is 6.85. The van der Waals surface area contributed by atoms with Gasteiger partial charge in [0.15, 0.2) is 6.10 Å². The molecule has 5 rings (SSSR count). The number of amides is 2. The number of allylic oxidation sites excluding steroid dienone is 1. The molecular formula is C25H21Cl2N3O3. The molecule has 168 valence electrons. The van der Waals surface area contributed by atoms with Crippen molar-refractivity contribution >= 4 is 57.6 Å². The molecular weight excluding hydrogens is 461 g/mol. The molecule has 0 radical (unpaired) electrons. The standard InChI is InChI=1S/C25H21Cl2N3O3/c26-18-8-5-14(12-19(18)27)11-15-6-7-17-22(16-3-1-2-4-20(16)29-23(15)17)25(32)30-9-10-33-21(13-30)24(28)31/h1-5,8,11-12,21H,6-7,9-10,13H2,(H2,28,31). The number of primary amides is 1. The number of morpholine rings is 1. The van der Waals surface area contributed by atoms with Crippen LogP contribution in [-0.2, 0) is 16.0 Å². The van der Waals surface area contributed by atoms with Gasteiger partial charge in [-0.1, -0.05) is 47.5 Å². The van der Waals surface area contributed by atoms with Crippen LogP contribution in [0.4, 0.5) is 0 Å². The summed E-state index contributed by atoms with van der Waals surface area (Å²) in [5.74, 6) is -0.695. The van der Waals surface area contributed by atoms with E-state index in [1.807, 2.05) is 42.5 Å². The molecule has 1 aliphatic heterocycles. The van der Waals surface area contributed by atoms with Gasteiger partial charge in [0.25, 0.3) is 5.91 Å². The van der Waals surface area contributed by atoms with E-state index in [1.165, 1.54) is 0 Å². The van der Waals surface area contributed by atoms with Crippen molar-refractivity contribution in [2.75, 3.05) is 19.7 Å². The maximum atomic E-state index is 13.7. The van der Waals surface area contributed by atoms with E-state index >= 15 is 0 Å². The van der Waals surface area contributed by atoms with Crippen molar-refractivity contribution in [3.8, 4) is 0 Å². The monoisotopic (exact) mass is 481 g/mol.